The van der Waals surface area contributed by atoms with E-state index in [1.165, 1.54) is 17.4 Å². The Labute approximate surface area is 188 Å². The van der Waals surface area contributed by atoms with E-state index in [4.69, 9.17) is 11.6 Å². The molecule has 0 aliphatic carbocycles. The molecule has 2 heterocycles. The Kier molecular flexibility index (Phi) is 6.22. The number of carbonyl (C=O) groups is 1. The number of nitrogens with one attached hydrogen (secondary N) is 1. The Balaban J connectivity index is 1.50. The normalized spacial score (nSPS) is 11.2. The summed E-state index contributed by atoms with van der Waals surface area (Å²) in [7, 11) is 0. The van der Waals surface area contributed by atoms with Gasteiger partial charge in [0.15, 0.2) is 0 Å². The molecule has 6 nitrogen and oxygen atoms in total. The topological polar surface area (TPSA) is 83.6 Å². The van der Waals surface area contributed by atoms with Crippen molar-refractivity contribution in [3.05, 3.63) is 99.8 Å². The van der Waals surface area contributed by atoms with Crippen LogP contribution in [0.3, 0.4) is 0 Å². The molecule has 1 amide bonds. The maximum absolute atomic E-state index is 12.6. The van der Waals surface area contributed by atoms with Crippen LogP contribution in [0.15, 0.2) is 78.5 Å². The number of hydrogen-bond donors (Lipinski definition) is 1. The fraction of sp³-hybridized carbons (Fsp3) is 0.0435. The van der Waals surface area contributed by atoms with Gasteiger partial charge in [-0.25, -0.2) is 0 Å². The molecule has 0 unspecified atom stereocenters. The van der Waals surface area contributed by atoms with E-state index in [1.807, 2.05) is 71.4 Å². The zero-order valence-electron chi connectivity index (χ0n) is 16.2. The van der Waals surface area contributed by atoms with Crippen molar-refractivity contribution in [1.29, 1.82) is 5.26 Å². The number of anilines is 1. The lowest BCUT2D eigenvalue weighted by molar-refractivity contribution is -0.112. The van der Waals surface area contributed by atoms with Crippen LogP contribution in [0, 0.1) is 11.3 Å². The van der Waals surface area contributed by atoms with Gasteiger partial charge in [0.2, 0.25) is 5.13 Å². The molecule has 2 aromatic carbocycles. The molecular formula is C23H16ClN5OS. The standard InChI is InChI=1S/C23H16ClN5OS/c24-18-8-10-19(11-9-18)29-12-4-7-20(29)14-17(15-25)22(30)26-23-28-27-21(31-23)13-16-5-2-1-3-6-16/h1-12,14H,13H2,(H,26,28,30)/b17-14-. The third kappa shape index (κ3) is 5.07. The number of aromatic nitrogens is 3. The summed E-state index contributed by atoms with van der Waals surface area (Å²) in [5.41, 5.74) is 2.63. The van der Waals surface area contributed by atoms with Gasteiger partial charge in [-0.15, -0.1) is 10.2 Å². The van der Waals surface area contributed by atoms with Gasteiger partial charge in [-0.3, -0.25) is 10.1 Å². The van der Waals surface area contributed by atoms with Gasteiger partial charge in [0.05, 0.1) is 0 Å². The number of nitrogens with zero attached hydrogens (tertiary/aromatic N) is 4. The molecule has 0 saturated heterocycles. The first-order chi connectivity index (χ1) is 15.1. The second-order valence-corrected chi connectivity index (χ2v) is 8.07. The van der Waals surface area contributed by atoms with Gasteiger partial charge in [0.1, 0.15) is 16.6 Å². The van der Waals surface area contributed by atoms with Crippen LogP contribution >= 0.6 is 22.9 Å². The van der Waals surface area contributed by atoms with Gasteiger partial charge in [0.25, 0.3) is 5.91 Å². The van der Waals surface area contributed by atoms with Gasteiger partial charge in [-0.2, -0.15) is 5.26 Å². The highest BCUT2D eigenvalue weighted by Gasteiger charge is 2.14. The molecular weight excluding hydrogens is 430 g/mol. The van der Waals surface area contributed by atoms with E-state index in [0.717, 1.165) is 16.3 Å². The largest absolute Gasteiger partial charge is 0.317 e. The molecule has 4 rings (SSSR count). The van der Waals surface area contributed by atoms with Crippen LogP contribution in [-0.4, -0.2) is 20.7 Å². The van der Waals surface area contributed by atoms with Crippen molar-refractivity contribution < 1.29 is 4.79 Å². The summed E-state index contributed by atoms with van der Waals surface area (Å²) in [4.78, 5) is 12.6. The highest BCUT2D eigenvalue weighted by molar-refractivity contribution is 7.15. The van der Waals surface area contributed by atoms with Crippen molar-refractivity contribution >= 4 is 40.1 Å². The fourth-order valence-electron chi connectivity index (χ4n) is 2.96. The van der Waals surface area contributed by atoms with E-state index in [-0.39, 0.29) is 5.57 Å². The highest BCUT2D eigenvalue weighted by atomic mass is 35.5. The molecule has 0 bridgehead atoms. The third-order valence-corrected chi connectivity index (χ3v) is 5.52. The van der Waals surface area contributed by atoms with Crippen molar-refractivity contribution in [2.24, 2.45) is 0 Å². The summed E-state index contributed by atoms with van der Waals surface area (Å²) in [6.07, 6.45) is 4.02. The van der Waals surface area contributed by atoms with Gasteiger partial charge in [-0.05, 0) is 48.0 Å². The van der Waals surface area contributed by atoms with Crippen LogP contribution in [-0.2, 0) is 11.2 Å². The van der Waals surface area contributed by atoms with Crippen LogP contribution in [0.5, 0.6) is 0 Å². The molecule has 0 aliphatic heterocycles. The maximum Gasteiger partial charge on any atom is 0.268 e. The number of hydrogen-bond acceptors (Lipinski definition) is 5. The molecule has 4 aromatic rings. The Morgan fingerprint density at radius 1 is 1.10 bits per heavy atom. The van der Waals surface area contributed by atoms with Crippen molar-refractivity contribution in [1.82, 2.24) is 14.8 Å². The van der Waals surface area contributed by atoms with Crippen LogP contribution in [0.2, 0.25) is 5.02 Å². The SMILES string of the molecule is N#C/C(=C/c1cccn1-c1ccc(Cl)cc1)C(=O)Nc1nnc(Cc2ccccc2)s1. The van der Waals surface area contributed by atoms with Gasteiger partial charge < -0.3 is 4.57 Å². The van der Waals surface area contributed by atoms with Gasteiger partial charge in [0, 0.05) is 29.0 Å². The third-order valence-electron chi connectivity index (χ3n) is 4.43. The Morgan fingerprint density at radius 2 is 1.87 bits per heavy atom. The summed E-state index contributed by atoms with van der Waals surface area (Å²) in [6, 6.07) is 22.8. The summed E-state index contributed by atoms with van der Waals surface area (Å²) in [5, 5.41) is 22.1. The molecule has 0 saturated carbocycles. The summed E-state index contributed by atoms with van der Waals surface area (Å²) in [6.45, 7) is 0. The van der Waals surface area contributed by atoms with Crippen molar-refractivity contribution in [2.75, 3.05) is 5.32 Å². The average molecular weight is 446 g/mol. The molecule has 0 fully saturated rings. The van der Waals surface area contributed by atoms with Crippen LogP contribution < -0.4 is 5.32 Å². The van der Waals surface area contributed by atoms with E-state index in [2.05, 4.69) is 15.5 Å². The van der Waals surface area contributed by atoms with Crippen LogP contribution in [0.25, 0.3) is 11.8 Å². The molecule has 2 aromatic heterocycles. The minimum atomic E-state index is -0.534. The molecule has 0 aliphatic rings. The number of amides is 1. The Morgan fingerprint density at radius 3 is 2.61 bits per heavy atom. The van der Waals surface area contributed by atoms with E-state index >= 15 is 0 Å². The second-order valence-electron chi connectivity index (χ2n) is 6.57. The monoisotopic (exact) mass is 445 g/mol. The lowest BCUT2D eigenvalue weighted by Crippen LogP contribution is -2.13. The smallest absolute Gasteiger partial charge is 0.268 e. The number of halogens is 1. The molecule has 152 valence electrons. The van der Waals surface area contributed by atoms with Crippen molar-refractivity contribution in [3.63, 3.8) is 0 Å². The predicted molar refractivity (Wildman–Crippen MR) is 122 cm³/mol. The molecule has 1 N–H and O–H groups in total. The first-order valence-electron chi connectivity index (χ1n) is 9.35. The summed E-state index contributed by atoms with van der Waals surface area (Å²) in [5.74, 6) is -0.534. The molecule has 31 heavy (non-hydrogen) atoms. The van der Waals surface area contributed by atoms with E-state index in [0.29, 0.717) is 22.3 Å². The maximum atomic E-state index is 12.6. The highest BCUT2D eigenvalue weighted by Crippen LogP contribution is 2.21. The zero-order valence-corrected chi connectivity index (χ0v) is 17.8. The summed E-state index contributed by atoms with van der Waals surface area (Å²) < 4.78 is 1.86. The molecule has 0 atom stereocenters. The lowest BCUT2D eigenvalue weighted by atomic mass is 10.2. The second kappa shape index (κ2) is 9.39. The van der Waals surface area contributed by atoms with E-state index < -0.39 is 5.91 Å². The van der Waals surface area contributed by atoms with Gasteiger partial charge >= 0.3 is 0 Å². The van der Waals surface area contributed by atoms with Crippen molar-refractivity contribution in [2.45, 2.75) is 6.42 Å². The van der Waals surface area contributed by atoms with Crippen LogP contribution in [0.4, 0.5) is 5.13 Å². The Hall–Kier alpha value is -3.73. The molecule has 0 radical (unpaired) electrons. The lowest BCUT2D eigenvalue weighted by Gasteiger charge is -2.07. The van der Waals surface area contributed by atoms with E-state index in [9.17, 15) is 10.1 Å². The molecule has 8 heteroatoms. The number of carbonyl (C=O) groups excluding carboxylic acids is 1. The fourth-order valence-corrected chi connectivity index (χ4v) is 3.85. The molecule has 0 spiro atoms. The van der Waals surface area contributed by atoms with Crippen LogP contribution in [0.1, 0.15) is 16.3 Å². The number of benzene rings is 2. The quantitative estimate of drug-likeness (QED) is 0.330. The Bertz CT molecular complexity index is 1270. The van der Waals surface area contributed by atoms with Crippen molar-refractivity contribution in [3.8, 4) is 11.8 Å². The zero-order chi connectivity index (χ0) is 21.6. The predicted octanol–water partition coefficient (Wildman–Crippen LogP) is 5.12. The van der Waals surface area contributed by atoms with Gasteiger partial charge in [-0.1, -0.05) is 53.3 Å². The number of rotatable bonds is 6. The minimum Gasteiger partial charge on any atom is -0.317 e. The first-order valence-corrected chi connectivity index (χ1v) is 10.5. The first kappa shape index (κ1) is 20.5. The van der Waals surface area contributed by atoms with E-state index in [1.54, 1.807) is 12.1 Å². The number of nitriles is 1. The minimum absolute atomic E-state index is 0.0336. The summed E-state index contributed by atoms with van der Waals surface area (Å²) >= 11 is 7.24. The average Bonchev–Trinajstić information content (AvgIpc) is 3.42.